The normalized spacial score (nSPS) is 15.2. The SMILES string of the molecule is COc1ccccc1-c1ccc(N2CCN(S(=O)(=O)c3ccc(OC(F)(F)F)cc3)CC2)nn1. The Morgan fingerprint density at radius 1 is 0.882 bits per heavy atom. The van der Waals surface area contributed by atoms with Crippen LogP contribution in [-0.4, -0.2) is 62.6 Å². The highest BCUT2D eigenvalue weighted by Gasteiger charge is 2.32. The van der Waals surface area contributed by atoms with Gasteiger partial charge in [-0.15, -0.1) is 23.4 Å². The molecule has 12 heteroatoms. The summed E-state index contributed by atoms with van der Waals surface area (Å²) in [5.41, 5.74) is 1.46. The smallest absolute Gasteiger partial charge is 0.496 e. The van der Waals surface area contributed by atoms with Crippen molar-refractivity contribution in [2.75, 3.05) is 38.2 Å². The van der Waals surface area contributed by atoms with Gasteiger partial charge in [0.05, 0.1) is 17.7 Å². The fourth-order valence-corrected chi connectivity index (χ4v) is 5.04. The van der Waals surface area contributed by atoms with E-state index in [1.807, 2.05) is 41.3 Å². The van der Waals surface area contributed by atoms with Crippen molar-refractivity contribution < 1.29 is 31.1 Å². The summed E-state index contributed by atoms with van der Waals surface area (Å²) in [5, 5.41) is 8.57. The first-order valence-corrected chi connectivity index (χ1v) is 11.7. The van der Waals surface area contributed by atoms with E-state index in [1.54, 1.807) is 7.11 Å². The van der Waals surface area contributed by atoms with Gasteiger partial charge in [0.15, 0.2) is 5.82 Å². The molecule has 1 aliphatic rings. The van der Waals surface area contributed by atoms with E-state index in [9.17, 15) is 21.6 Å². The van der Waals surface area contributed by atoms with Gasteiger partial charge in [-0.3, -0.25) is 0 Å². The minimum absolute atomic E-state index is 0.101. The number of benzene rings is 2. The van der Waals surface area contributed by atoms with E-state index in [0.29, 0.717) is 30.4 Å². The molecule has 0 unspecified atom stereocenters. The lowest BCUT2D eigenvalue weighted by Gasteiger charge is -2.34. The van der Waals surface area contributed by atoms with Crippen LogP contribution in [0, 0.1) is 0 Å². The average molecular weight is 494 g/mol. The zero-order valence-corrected chi connectivity index (χ0v) is 18.9. The lowest BCUT2D eigenvalue weighted by molar-refractivity contribution is -0.274. The molecule has 1 aliphatic heterocycles. The monoisotopic (exact) mass is 494 g/mol. The molecule has 1 aromatic heterocycles. The van der Waals surface area contributed by atoms with Crippen LogP contribution >= 0.6 is 0 Å². The zero-order chi connectivity index (χ0) is 24.3. The van der Waals surface area contributed by atoms with Crippen molar-refractivity contribution in [2.45, 2.75) is 11.3 Å². The number of hydrogen-bond donors (Lipinski definition) is 0. The van der Waals surface area contributed by atoms with Crippen LogP contribution in [0.25, 0.3) is 11.3 Å². The van der Waals surface area contributed by atoms with Gasteiger partial charge in [-0.25, -0.2) is 8.42 Å². The molecular formula is C22H21F3N4O4S. The third-order valence-electron chi connectivity index (χ3n) is 5.29. The van der Waals surface area contributed by atoms with E-state index in [2.05, 4.69) is 14.9 Å². The zero-order valence-electron chi connectivity index (χ0n) is 18.1. The maximum Gasteiger partial charge on any atom is 0.573 e. The van der Waals surface area contributed by atoms with Crippen molar-refractivity contribution in [1.29, 1.82) is 0 Å². The summed E-state index contributed by atoms with van der Waals surface area (Å²) in [6, 6.07) is 15.3. The van der Waals surface area contributed by atoms with Crippen LogP contribution < -0.4 is 14.4 Å². The number of hydrogen-bond acceptors (Lipinski definition) is 7. The lowest BCUT2D eigenvalue weighted by atomic mass is 10.1. The Bertz CT molecular complexity index is 1230. The van der Waals surface area contributed by atoms with Crippen LogP contribution in [0.3, 0.4) is 0 Å². The number of rotatable bonds is 6. The first-order valence-electron chi connectivity index (χ1n) is 10.3. The molecule has 1 fully saturated rings. The van der Waals surface area contributed by atoms with E-state index in [-0.39, 0.29) is 18.0 Å². The number of sulfonamides is 1. The molecule has 0 spiro atoms. The molecule has 0 aliphatic carbocycles. The van der Waals surface area contributed by atoms with Crippen molar-refractivity contribution in [1.82, 2.24) is 14.5 Å². The van der Waals surface area contributed by atoms with Crippen molar-refractivity contribution in [3.05, 3.63) is 60.7 Å². The van der Waals surface area contributed by atoms with E-state index < -0.39 is 22.1 Å². The highest BCUT2D eigenvalue weighted by Crippen LogP contribution is 2.29. The summed E-state index contributed by atoms with van der Waals surface area (Å²) in [4.78, 5) is 1.82. The number of halogens is 3. The van der Waals surface area contributed by atoms with E-state index >= 15 is 0 Å². The third kappa shape index (κ3) is 5.23. The van der Waals surface area contributed by atoms with Crippen LogP contribution in [0.15, 0.2) is 65.6 Å². The summed E-state index contributed by atoms with van der Waals surface area (Å²) in [6.45, 7) is 1.16. The molecule has 34 heavy (non-hydrogen) atoms. The van der Waals surface area contributed by atoms with E-state index in [1.165, 1.54) is 4.31 Å². The molecule has 1 saturated heterocycles. The second kappa shape index (κ2) is 9.47. The summed E-state index contributed by atoms with van der Waals surface area (Å²) >= 11 is 0. The van der Waals surface area contributed by atoms with Gasteiger partial charge < -0.3 is 14.4 Å². The molecule has 0 N–H and O–H groups in total. The van der Waals surface area contributed by atoms with Gasteiger partial charge in [0.25, 0.3) is 0 Å². The second-order valence-electron chi connectivity index (χ2n) is 7.39. The molecule has 8 nitrogen and oxygen atoms in total. The van der Waals surface area contributed by atoms with Gasteiger partial charge in [0.2, 0.25) is 10.0 Å². The third-order valence-corrected chi connectivity index (χ3v) is 7.20. The summed E-state index contributed by atoms with van der Waals surface area (Å²) in [7, 11) is -2.28. The van der Waals surface area contributed by atoms with Crippen molar-refractivity contribution in [2.24, 2.45) is 0 Å². The summed E-state index contributed by atoms with van der Waals surface area (Å²) in [5.74, 6) is 0.817. The second-order valence-corrected chi connectivity index (χ2v) is 9.33. The molecule has 0 radical (unpaired) electrons. The Morgan fingerprint density at radius 2 is 1.56 bits per heavy atom. The maximum atomic E-state index is 12.9. The minimum Gasteiger partial charge on any atom is -0.496 e. The number of methoxy groups -OCH3 is 1. The topological polar surface area (TPSA) is 84.9 Å². The summed E-state index contributed by atoms with van der Waals surface area (Å²) < 4.78 is 73.2. The van der Waals surface area contributed by atoms with Gasteiger partial charge in [-0.05, 0) is 48.5 Å². The van der Waals surface area contributed by atoms with Gasteiger partial charge >= 0.3 is 6.36 Å². The Balaban J connectivity index is 1.41. The molecule has 0 bridgehead atoms. The quantitative estimate of drug-likeness (QED) is 0.518. The lowest BCUT2D eigenvalue weighted by Crippen LogP contribution is -2.49. The standard InChI is InChI=1S/C22H21F3N4O4S/c1-32-20-5-3-2-4-18(20)19-10-11-21(27-26-19)28-12-14-29(15-13-28)34(30,31)17-8-6-16(7-9-17)33-22(23,24)25/h2-11H,12-15H2,1H3. The highest BCUT2D eigenvalue weighted by atomic mass is 32.2. The first kappa shape index (κ1) is 23.8. The number of nitrogens with zero attached hydrogens (tertiary/aromatic N) is 4. The van der Waals surface area contributed by atoms with Crippen molar-refractivity contribution in [3.8, 4) is 22.8 Å². The van der Waals surface area contributed by atoms with Crippen LogP contribution in [0.2, 0.25) is 0 Å². The maximum absolute atomic E-state index is 12.9. The van der Waals surface area contributed by atoms with Crippen LogP contribution in [-0.2, 0) is 10.0 Å². The van der Waals surface area contributed by atoms with E-state index in [4.69, 9.17) is 4.74 Å². The number of alkyl halides is 3. The number of para-hydroxylation sites is 1. The van der Waals surface area contributed by atoms with E-state index in [0.717, 1.165) is 29.8 Å². The van der Waals surface area contributed by atoms with Crippen LogP contribution in [0.1, 0.15) is 0 Å². The molecule has 0 saturated carbocycles. The number of aromatic nitrogens is 2. The van der Waals surface area contributed by atoms with Gasteiger partial charge in [0, 0.05) is 31.7 Å². The molecule has 0 atom stereocenters. The largest absolute Gasteiger partial charge is 0.573 e. The summed E-state index contributed by atoms with van der Waals surface area (Å²) in [6.07, 6.45) is -4.84. The Morgan fingerprint density at radius 3 is 2.15 bits per heavy atom. The Hall–Kier alpha value is -3.38. The minimum atomic E-state index is -4.84. The average Bonchev–Trinajstić information content (AvgIpc) is 2.83. The van der Waals surface area contributed by atoms with Gasteiger partial charge in [0.1, 0.15) is 11.5 Å². The molecule has 4 rings (SSSR count). The van der Waals surface area contributed by atoms with Gasteiger partial charge in [-0.1, -0.05) is 12.1 Å². The van der Waals surface area contributed by atoms with Crippen molar-refractivity contribution >= 4 is 15.8 Å². The van der Waals surface area contributed by atoms with Gasteiger partial charge in [-0.2, -0.15) is 4.31 Å². The predicted octanol–water partition coefficient (Wildman–Crippen LogP) is 3.56. The molecule has 3 aromatic rings. The molecule has 180 valence electrons. The molecule has 2 aromatic carbocycles. The Labute approximate surface area is 194 Å². The predicted molar refractivity (Wildman–Crippen MR) is 118 cm³/mol. The fraction of sp³-hybridized carbons (Fsp3) is 0.273. The van der Waals surface area contributed by atoms with Crippen LogP contribution in [0.4, 0.5) is 19.0 Å². The Kier molecular flexibility index (Phi) is 6.62. The number of anilines is 1. The number of piperazine rings is 1. The highest BCUT2D eigenvalue weighted by molar-refractivity contribution is 7.89. The first-order chi connectivity index (χ1) is 16.2. The molecule has 2 heterocycles. The fourth-order valence-electron chi connectivity index (χ4n) is 3.61. The van der Waals surface area contributed by atoms with Crippen LogP contribution in [0.5, 0.6) is 11.5 Å². The molecular weight excluding hydrogens is 473 g/mol. The number of ether oxygens (including phenoxy) is 2. The van der Waals surface area contributed by atoms with Crippen molar-refractivity contribution in [3.63, 3.8) is 0 Å². The molecule has 0 amide bonds.